The van der Waals surface area contributed by atoms with E-state index in [9.17, 15) is 10.2 Å². The summed E-state index contributed by atoms with van der Waals surface area (Å²) >= 11 is 0. The minimum atomic E-state index is -1.08. The summed E-state index contributed by atoms with van der Waals surface area (Å²) < 4.78 is 23.9. The number of aliphatic hydroxyl groups excluding tert-OH is 2. The van der Waals surface area contributed by atoms with E-state index in [2.05, 4.69) is 0 Å². The molecule has 2 aliphatic rings. The van der Waals surface area contributed by atoms with E-state index < -0.39 is 43.6 Å². The normalized spacial score (nSPS) is 32.6. The highest BCUT2D eigenvalue weighted by Gasteiger charge is 2.48. The Balaban J connectivity index is 1.56. The molecule has 138 valence electrons. The molecule has 0 amide bonds. The monoisotopic (exact) mass is 358 g/mol. The third-order valence-corrected chi connectivity index (χ3v) is 4.67. The van der Waals surface area contributed by atoms with Crippen LogP contribution in [0.4, 0.5) is 0 Å². The van der Waals surface area contributed by atoms with E-state index in [4.69, 9.17) is 18.9 Å². The molecule has 26 heavy (non-hydrogen) atoms. The van der Waals surface area contributed by atoms with Gasteiger partial charge in [-0.25, -0.2) is 0 Å². The number of aliphatic hydroxyl groups is 2. The molecule has 0 aliphatic carbocycles. The maximum absolute atomic E-state index is 10.3. The molecule has 2 N–H and O–H groups in total. The van der Waals surface area contributed by atoms with Gasteiger partial charge >= 0.3 is 0 Å². The van der Waals surface area contributed by atoms with Gasteiger partial charge in [0, 0.05) is 11.1 Å². The lowest BCUT2D eigenvalue weighted by molar-refractivity contribution is -0.373. The van der Waals surface area contributed by atoms with Crippen LogP contribution in [0.25, 0.3) is 0 Å². The molecule has 2 saturated heterocycles. The first-order valence-corrected chi connectivity index (χ1v) is 8.73. The second-order valence-electron chi connectivity index (χ2n) is 6.44. The summed E-state index contributed by atoms with van der Waals surface area (Å²) in [4.78, 5) is 0. The Morgan fingerprint density at radius 3 is 2.08 bits per heavy atom. The molecule has 0 radical (unpaired) electrons. The van der Waals surface area contributed by atoms with E-state index in [-0.39, 0.29) is 0 Å². The topological polar surface area (TPSA) is 77.4 Å². The van der Waals surface area contributed by atoms with E-state index in [1.807, 2.05) is 60.7 Å². The van der Waals surface area contributed by atoms with Gasteiger partial charge in [-0.1, -0.05) is 60.7 Å². The highest BCUT2D eigenvalue weighted by atomic mass is 16.8. The standard InChI is InChI=1S/C20H22O6/c21-11-15(22)17-18-16(24-20(25-17)14-9-5-2-6-10-14)12-23-19(26-18)13-7-3-1-4-8-13/h1-10,15-22H,11-12H2/t15-,16+,17-,18+,19+,20+/m0/s1. The van der Waals surface area contributed by atoms with Crippen LogP contribution in [-0.2, 0) is 18.9 Å². The average molecular weight is 358 g/mol. The molecule has 2 heterocycles. The second kappa shape index (κ2) is 7.84. The molecule has 4 rings (SSSR count). The van der Waals surface area contributed by atoms with Gasteiger partial charge in [0.1, 0.15) is 24.4 Å². The van der Waals surface area contributed by atoms with Crippen LogP contribution in [0.3, 0.4) is 0 Å². The smallest absolute Gasteiger partial charge is 0.184 e. The first-order valence-electron chi connectivity index (χ1n) is 8.73. The molecular weight excluding hydrogens is 336 g/mol. The van der Waals surface area contributed by atoms with Gasteiger partial charge in [-0.2, -0.15) is 0 Å². The summed E-state index contributed by atoms with van der Waals surface area (Å²) in [5, 5.41) is 19.8. The molecule has 0 unspecified atom stereocenters. The third kappa shape index (κ3) is 3.53. The van der Waals surface area contributed by atoms with Crippen molar-refractivity contribution < 1.29 is 29.2 Å². The second-order valence-corrected chi connectivity index (χ2v) is 6.44. The highest BCUT2D eigenvalue weighted by Crippen LogP contribution is 2.38. The predicted octanol–water partition coefficient (Wildman–Crippen LogP) is 1.94. The molecule has 6 heteroatoms. The number of hydrogen-bond acceptors (Lipinski definition) is 6. The van der Waals surface area contributed by atoms with Crippen LogP contribution in [0.2, 0.25) is 0 Å². The van der Waals surface area contributed by atoms with Crippen molar-refractivity contribution >= 4 is 0 Å². The maximum Gasteiger partial charge on any atom is 0.184 e. The van der Waals surface area contributed by atoms with Crippen molar-refractivity contribution in [2.75, 3.05) is 13.2 Å². The number of fused-ring (bicyclic) bond motifs is 1. The molecular formula is C20H22O6. The van der Waals surface area contributed by atoms with Gasteiger partial charge in [0.2, 0.25) is 0 Å². The summed E-state index contributed by atoms with van der Waals surface area (Å²) in [5.74, 6) is 0. The molecule has 0 saturated carbocycles. The van der Waals surface area contributed by atoms with Gasteiger partial charge in [0.05, 0.1) is 13.2 Å². The van der Waals surface area contributed by atoms with Crippen LogP contribution < -0.4 is 0 Å². The number of rotatable bonds is 4. The fourth-order valence-corrected chi connectivity index (χ4v) is 3.33. The molecule has 0 bridgehead atoms. The Kier molecular flexibility index (Phi) is 5.31. The van der Waals surface area contributed by atoms with Crippen LogP contribution in [0.1, 0.15) is 23.7 Å². The predicted molar refractivity (Wildman–Crippen MR) is 92.0 cm³/mol. The lowest BCUT2D eigenvalue weighted by atomic mass is 9.99. The minimum absolute atomic E-state index is 0.311. The van der Waals surface area contributed by atoms with Crippen LogP contribution in [0.15, 0.2) is 60.7 Å². The average Bonchev–Trinajstić information content (AvgIpc) is 2.73. The fourth-order valence-electron chi connectivity index (χ4n) is 3.33. The Labute approximate surface area is 151 Å². The van der Waals surface area contributed by atoms with Crippen LogP contribution in [-0.4, -0.2) is 47.8 Å². The highest BCUT2D eigenvalue weighted by molar-refractivity contribution is 5.18. The molecule has 0 aromatic heterocycles. The lowest BCUT2D eigenvalue weighted by Crippen LogP contribution is -2.58. The molecule has 6 atom stereocenters. The fraction of sp³-hybridized carbons (Fsp3) is 0.400. The summed E-state index contributed by atoms with van der Waals surface area (Å²) in [5.41, 5.74) is 1.72. The van der Waals surface area contributed by atoms with Gasteiger partial charge in [-0.15, -0.1) is 0 Å². The van der Waals surface area contributed by atoms with Crippen molar-refractivity contribution in [2.45, 2.75) is 37.0 Å². The Hall–Kier alpha value is -1.80. The molecule has 6 nitrogen and oxygen atoms in total. The zero-order valence-corrected chi connectivity index (χ0v) is 14.2. The van der Waals surface area contributed by atoms with Crippen molar-refractivity contribution in [3.8, 4) is 0 Å². The number of benzene rings is 2. The number of hydrogen-bond donors (Lipinski definition) is 2. The van der Waals surface area contributed by atoms with Crippen molar-refractivity contribution in [2.24, 2.45) is 0 Å². The molecule has 0 spiro atoms. The van der Waals surface area contributed by atoms with Gasteiger partial charge in [-0.05, 0) is 0 Å². The first-order chi connectivity index (χ1) is 12.8. The first kappa shape index (κ1) is 17.6. The van der Waals surface area contributed by atoms with Crippen molar-refractivity contribution in [3.63, 3.8) is 0 Å². The zero-order valence-electron chi connectivity index (χ0n) is 14.2. The quantitative estimate of drug-likeness (QED) is 0.870. The van der Waals surface area contributed by atoms with E-state index in [0.717, 1.165) is 11.1 Å². The van der Waals surface area contributed by atoms with E-state index in [0.29, 0.717) is 6.61 Å². The Morgan fingerprint density at radius 1 is 0.846 bits per heavy atom. The largest absolute Gasteiger partial charge is 0.394 e. The van der Waals surface area contributed by atoms with Crippen molar-refractivity contribution in [3.05, 3.63) is 71.8 Å². The summed E-state index contributed by atoms with van der Waals surface area (Å²) in [6, 6.07) is 19.1. The molecule has 2 aromatic rings. The van der Waals surface area contributed by atoms with E-state index in [1.54, 1.807) is 0 Å². The Bertz CT molecular complexity index is 692. The number of ether oxygens (including phenoxy) is 4. The maximum atomic E-state index is 10.3. The minimum Gasteiger partial charge on any atom is -0.394 e. The molecule has 2 aromatic carbocycles. The van der Waals surface area contributed by atoms with Crippen LogP contribution >= 0.6 is 0 Å². The Morgan fingerprint density at radius 2 is 1.46 bits per heavy atom. The van der Waals surface area contributed by atoms with Gasteiger partial charge in [-0.3, -0.25) is 0 Å². The van der Waals surface area contributed by atoms with Gasteiger partial charge in [0.15, 0.2) is 12.6 Å². The van der Waals surface area contributed by atoms with Crippen LogP contribution in [0.5, 0.6) is 0 Å². The SMILES string of the molecule is OC[C@H](O)[C@@H]1O[C@H](c2ccccc2)O[C@@H]2CO[C@@H](c3ccccc3)O[C@@H]12. The summed E-state index contributed by atoms with van der Waals surface area (Å²) in [6.07, 6.45) is -3.96. The van der Waals surface area contributed by atoms with E-state index in [1.165, 1.54) is 0 Å². The van der Waals surface area contributed by atoms with Crippen LogP contribution in [0, 0.1) is 0 Å². The summed E-state index contributed by atoms with van der Waals surface area (Å²) in [7, 11) is 0. The van der Waals surface area contributed by atoms with E-state index >= 15 is 0 Å². The van der Waals surface area contributed by atoms with Gasteiger partial charge in [0.25, 0.3) is 0 Å². The molecule has 2 fully saturated rings. The van der Waals surface area contributed by atoms with Crippen molar-refractivity contribution in [1.82, 2.24) is 0 Å². The zero-order chi connectivity index (χ0) is 17.9. The molecule has 2 aliphatic heterocycles. The van der Waals surface area contributed by atoms with Crippen molar-refractivity contribution in [1.29, 1.82) is 0 Å². The lowest BCUT2D eigenvalue weighted by Gasteiger charge is -2.47. The van der Waals surface area contributed by atoms with Gasteiger partial charge < -0.3 is 29.2 Å². The summed E-state index contributed by atoms with van der Waals surface area (Å²) in [6.45, 7) is -0.110. The third-order valence-electron chi connectivity index (χ3n) is 4.67.